The van der Waals surface area contributed by atoms with Gasteiger partial charge in [0.05, 0.1) is 4.92 Å². The number of non-ortho nitro benzene ring substituents is 1. The standard InChI is InChI=1S/C20H22N2O3/c1-13-5-10-18-17(11-13)14(2)12-20(3,4)21(18)19(23)15-6-8-16(9-7-15)22(24)25/h5-11,14H,12H2,1-4H3. The average molecular weight is 338 g/mol. The molecule has 1 heterocycles. The Morgan fingerprint density at radius 2 is 1.84 bits per heavy atom. The number of nitro benzene ring substituents is 1. The van der Waals surface area contributed by atoms with Crippen molar-refractivity contribution in [1.29, 1.82) is 0 Å². The molecule has 2 aromatic carbocycles. The molecule has 0 fully saturated rings. The van der Waals surface area contributed by atoms with Crippen LogP contribution in [0.5, 0.6) is 0 Å². The molecular formula is C20H22N2O3. The van der Waals surface area contributed by atoms with Crippen molar-refractivity contribution in [3.63, 3.8) is 0 Å². The lowest BCUT2D eigenvalue weighted by Crippen LogP contribution is -2.51. The SMILES string of the molecule is Cc1ccc2c(c1)C(C)CC(C)(C)N2C(=O)c1ccc([N+](=O)[O-])cc1. The first-order chi connectivity index (χ1) is 11.7. The molecule has 5 heteroatoms. The Hall–Kier alpha value is -2.69. The topological polar surface area (TPSA) is 63.5 Å². The lowest BCUT2D eigenvalue weighted by atomic mass is 9.79. The molecule has 25 heavy (non-hydrogen) atoms. The second-order valence-corrected chi connectivity index (χ2v) is 7.42. The summed E-state index contributed by atoms with van der Waals surface area (Å²) in [5.41, 5.74) is 3.39. The van der Waals surface area contributed by atoms with Crippen LogP contribution in [-0.2, 0) is 0 Å². The predicted molar refractivity (Wildman–Crippen MR) is 98.2 cm³/mol. The van der Waals surface area contributed by atoms with Crippen LogP contribution in [0.15, 0.2) is 42.5 Å². The van der Waals surface area contributed by atoms with Crippen LogP contribution in [0.2, 0.25) is 0 Å². The number of aryl methyl sites for hydroxylation is 1. The number of hydrogen-bond acceptors (Lipinski definition) is 3. The third-order valence-electron chi connectivity index (χ3n) is 4.89. The van der Waals surface area contributed by atoms with Crippen LogP contribution in [0.4, 0.5) is 11.4 Å². The molecule has 2 aromatic rings. The molecule has 0 bridgehead atoms. The highest BCUT2D eigenvalue weighted by atomic mass is 16.6. The molecule has 0 saturated carbocycles. The smallest absolute Gasteiger partial charge is 0.269 e. The Kier molecular flexibility index (Phi) is 4.11. The summed E-state index contributed by atoms with van der Waals surface area (Å²) in [7, 11) is 0. The maximum absolute atomic E-state index is 13.2. The molecule has 0 spiro atoms. The number of hydrogen-bond donors (Lipinski definition) is 0. The number of fused-ring (bicyclic) bond motifs is 1. The van der Waals surface area contributed by atoms with Gasteiger partial charge in [0.15, 0.2) is 0 Å². The van der Waals surface area contributed by atoms with E-state index in [1.165, 1.54) is 35.4 Å². The van der Waals surface area contributed by atoms with Gasteiger partial charge in [0.2, 0.25) is 0 Å². The van der Waals surface area contributed by atoms with Gasteiger partial charge >= 0.3 is 0 Å². The lowest BCUT2D eigenvalue weighted by molar-refractivity contribution is -0.384. The van der Waals surface area contributed by atoms with Crippen LogP contribution < -0.4 is 4.90 Å². The summed E-state index contributed by atoms with van der Waals surface area (Å²) < 4.78 is 0. The van der Waals surface area contributed by atoms with Gasteiger partial charge in [0, 0.05) is 28.9 Å². The predicted octanol–water partition coefficient (Wildman–Crippen LogP) is 4.84. The monoisotopic (exact) mass is 338 g/mol. The first-order valence-corrected chi connectivity index (χ1v) is 8.40. The highest BCUT2D eigenvalue weighted by Crippen LogP contribution is 2.44. The van der Waals surface area contributed by atoms with E-state index in [-0.39, 0.29) is 17.1 Å². The van der Waals surface area contributed by atoms with Gasteiger partial charge in [-0.1, -0.05) is 24.6 Å². The van der Waals surface area contributed by atoms with E-state index in [0.717, 1.165) is 12.1 Å². The van der Waals surface area contributed by atoms with Crippen molar-refractivity contribution in [2.24, 2.45) is 0 Å². The van der Waals surface area contributed by atoms with E-state index in [4.69, 9.17) is 0 Å². The van der Waals surface area contributed by atoms with Gasteiger partial charge in [-0.2, -0.15) is 0 Å². The quantitative estimate of drug-likeness (QED) is 0.581. The summed E-state index contributed by atoms with van der Waals surface area (Å²) in [5.74, 6) is 0.239. The first kappa shape index (κ1) is 17.1. The van der Waals surface area contributed by atoms with Crippen LogP contribution >= 0.6 is 0 Å². The molecule has 0 aliphatic carbocycles. The first-order valence-electron chi connectivity index (χ1n) is 8.40. The number of nitrogens with zero attached hydrogens (tertiary/aromatic N) is 2. The fourth-order valence-corrected chi connectivity index (χ4v) is 3.79. The largest absolute Gasteiger partial charge is 0.303 e. The van der Waals surface area contributed by atoms with Crippen molar-refractivity contribution in [3.05, 3.63) is 69.3 Å². The normalized spacial score (nSPS) is 18.6. The average Bonchev–Trinajstić information content (AvgIpc) is 2.54. The van der Waals surface area contributed by atoms with Gasteiger partial charge < -0.3 is 4.90 Å². The number of carbonyl (C=O) groups is 1. The van der Waals surface area contributed by atoms with Gasteiger partial charge in [-0.25, -0.2) is 0 Å². The Bertz CT molecular complexity index is 841. The summed E-state index contributed by atoms with van der Waals surface area (Å²) in [6, 6.07) is 12.0. The molecule has 1 aliphatic heterocycles. The van der Waals surface area contributed by atoms with Crippen molar-refractivity contribution >= 4 is 17.3 Å². The molecule has 130 valence electrons. The fraction of sp³-hybridized carbons (Fsp3) is 0.350. The summed E-state index contributed by atoms with van der Waals surface area (Å²) >= 11 is 0. The Balaban J connectivity index is 2.06. The van der Waals surface area contributed by atoms with E-state index in [1.54, 1.807) is 0 Å². The molecule has 1 aliphatic rings. The van der Waals surface area contributed by atoms with E-state index in [9.17, 15) is 14.9 Å². The summed E-state index contributed by atoms with van der Waals surface area (Å²) in [6.45, 7) is 8.37. The zero-order valence-corrected chi connectivity index (χ0v) is 14.9. The van der Waals surface area contributed by atoms with Crippen LogP contribution in [0, 0.1) is 17.0 Å². The van der Waals surface area contributed by atoms with Crippen molar-refractivity contribution in [1.82, 2.24) is 0 Å². The maximum Gasteiger partial charge on any atom is 0.269 e. The highest BCUT2D eigenvalue weighted by Gasteiger charge is 2.40. The van der Waals surface area contributed by atoms with Crippen molar-refractivity contribution in [2.75, 3.05) is 4.90 Å². The molecule has 1 atom stereocenters. The summed E-state index contributed by atoms with van der Waals surface area (Å²) in [5, 5.41) is 10.8. The third kappa shape index (κ3) is 3.02. The molecule has 5 nitrogen and oxygen atoms in total. The van der Waals surface area contributed by atoms with Crippen LogP contribution in [-0.4, -0.2) is 16.4 Å². The molecule has 0 saturated heterocycles. The minimum Gasteiger partial charge on any atom is -0.303 e. The molecule has 0 aromatic heterocycles. The van der Waals surface area contributed by atoms with Crippen molar-refractivity contribution in [2.45, 2.75) is 45.6 Å². The van der Waals surface area contributed by atoms with Gasteiger partial charge in [0.25, 0.3) is 11.6 Å². The fourth-order valence-electron chi connectivity index (χ4n) is 3.79. The lowest BCUT2D eigenvalue weighted by Gasteiger charge is -2.46. The number of amides is 1. The summed E-state index contributed by atoms with van der Waals surface area (Å²) in [4.78, 5) is 25.4. The van der Waals surface area contributed by atoms with Gasteiger partial charge in [-0.15, -0.1) is 0 Å². The van der Waals surface area contributed by atoms with Crippen molar-refractivity contribution in [3.8, 4) is 0 Å². The number of benzene rings is 2. The second kappa shape index (κ2) is 5.99. The van der Waals surface area contributed by atoms with E-state index >= 15 is 0 Å². The number of nitro groups is 1. The molecule has 1 unspecified atom stereocenters. The van der Waals surface area contributed by atoms with E-state index < -0.39 is 4.92 Å². The van der Waals surface area contributed by atoms with Gasteiger partial charge in [-0.3, -0.25) is 14.9 Å². The number of carbonyl (C=O) groups excluding carboxylic acids is 1. The molecule has 0 N–H and O–H groups in total. The number of rotatable bonds is 2. The minimum atomic E-state index is -0.459. The van der Waals surface area contributed by atoms with Gasteiger partial charge in [0.1, 0.15) is 0 Å². The second-order valence-electron chi connectivity index (χ2n) is 7.42. The molecule has 1 amide bonds. The highest BCUT2D eigenvalue weighted by molar-refractivity contribution is 6.08. The zero-order valence-electron chi connectivity index (χ0n) is 14.9. The Morgan fingerprint density at radius 1 is 1.20 bits per heavy atom. The molecular weight excluding hydrogens is 316 g/mol. The molecule has 0 radical (unpaired) electrons. The van der Waals surface area contributed by atoms with Gasteiger partial charge in [-0.05, 0) is 56.9 Å². The molecule has 3 rings (SSSR count). The minimum absolute atomic E-state index is 0.0147. The maximum atomic E-state index is 13.2. The van der Waals surface area contributed by atoms with E-state index in [1.807, 2.05) is 17.0 Å². The number of anilines is 1. The van der Waals surface area contributed by atoms with Crippen LogP contribution in [0.1, 0.15) is 54.6 Å². The van der Waals surface area contributed by atoms with Crippen LogP contribution in [0.25, 0.3) is 0 Å². The summed E-state index contributed by atoms with van der Waals surface area (Å²) in [6.07, 6.45) is 0.863. The Labute approximate surface area is 147 Å². The zero-order chi connectivity index (χ0) is 18.4. The van der Waals surface area contributed by atoms with E-state index in [0.29, 0.717) is 11.5 Å². The van der Waals surface area contributed by atoms with Crippen molar-refractivity contribution < 1.29 is 9.72 Å². The third-order valence-corrected chi connectivity index (χ3v) is 4.89. The van der Waals surface area contributed by atoms with E-state index in [2.05, 4.69) is 33.8 Å². The Morgan fingerprint density at radius 3 is 2.44 bits per heavy atom. The van der Waals surface area contributed by atoms with Crippen LogP contribution in [0.3, 0.4) is 0 Å².